The number of hydrogen-bond acceptors (Lipinski definition) is 4. The van der Waals surface area contributed by atoms with E-state index in [1.807, 2.05) is 12.1 Å². The monoisotopic (exact) mass is 276 g/mol. The second-order valence-corrected chi connectivity index (χ2v) is 6.33. The van der Waals surface area contributed by atoms with Gasteiger partial charge in [-0.2, -0.15) is 0 Å². The number of pyridine rings is 1. The summed E-state index contributed by atoms with van der Waals surface area (Å²) in [5.74, 6) is 0.0615. The van der Waals surface area contributed by atoms with Crippen LogP contribution in [0.4, 0.5) is 0 Å². The Bertz CT molecular complexity index is 485. The van der Waals surface area contributed by atoms with E-state index >= 15 is 0 Å². The molecule has 0 radical (unpaired) electrons. The van der Waals surface area contributed by atoms with Gasteiger partial charge in [-0.1, -0.05) is 31.5 Å². The van der Waals surface area contributed by atoms with Gasteiger partial charge in [0.1, 0.15) is 5.69 Å². The van der Waals surface area contributed by atoms with E-state index in [0.29, 0.717) is 23.7 Å². The topological polar surface area (TPSA) is 83.5 Å². The third-order valence-electron chi connectivity index (χ3n) is 4.03. The quantitative estimate of drug-likeness (QED) is 0.341. The van der Waals surface area contributed by atoms with E-state index in [4.69, 9.17) is 10.9 Å². The minimum atomic E-state index is 0.0615. The van der Waals surface area contributed by atoms with Gasteiger partial charge >= 0.3 is 0 Å². The molecule has 1 heterocycles. The molecule has 1 aromatic heterocycles. The summed E-state index contributed by atoms with van der Waals surface area (Å²) in [4.78, 5) is 4.19. The number of nitrogens with zero attached hydrogens (tertiary/aromatic N) is 2. The Balaban J connectivity index is 2.01. The maximum absolute atomic E-state index is 8.80. The van der Waals surface area contributed by atoms with Gasteiger partial charge in [-0.15, -0.1) is 0 Å². The van der Waals surface area contributed by atoms with E-state index in [1.165, 1.54) is 25.7 Å². The van der Waals surface area contributed by atoms with Crippen molar-refractivity contribution in [2.75, 3.05) is 0 Å². The third kappa shape index (κ3) is 3.70. The molecule has 1 unspecified atom stereocenters. The Kier molecular flexibility index (Phi) is 4.60. The summed E-state index contributed by atoms with van der Waals surface area (Å²) in [6, 6.07) is 4.36. The third-order valence-corrected chi connectivity index (χ3v) is 4.03. The van der Waals surface area contributed by atoms with Gasteiger partial charge in [-0.3, -0.25) is 4.98 Å². The zero-order valence-electron chi connectivity index (χ0n) is 12.3. The van der Waals surface area contributed by atoms with Crippen molar-refractivity contribution in [3.05, 3.63) is 29.6 Å². The van der Waals surface area contributed by atoms with Crippen molar-refractivity contribution in [1.82, 2.24) is 10.3 Å². The fourth-order valence-electron chi connectivity index (χ4n) is 2.99. The maximum Gasteiger partial charge on any atom is 0.189 e. The minimum absolute atomic E-state index is 0.0615. The molecule has 1 fully saturated rings. The smallest absolute Gasteiger partial charge is 0.189 e. The van der Waals surface area contributed by atoms with Gasteiger partial charge in [-0.05, 0) is 36.3 Å². The van der Waals surface area contributed by atoms with Crippen LogP contribution in [-0.4, -0.2) is 22.1 Å². The molecular formula is C15H24N4O. The lowest BCUT2D eigenvalue weighted by molar-refractivity contribution is 0.197. The number of aromatic nitrogens is 1. The molecule has 1 atom stereocenters. The van der Waals surface area contributed by atoms with E-state index < -0.39 is 0 Å². The van der Waals surface area contributed by atoms with Gasteiger partial charge in [0.25, 0.3) is 0 Å². The van der Waals surface area contributed by atoms with Crippen LogP contribution in [0.2, 0.25) is 0 Å². The summed E-state index contributed by atoms with van der Waals surface area (Å²) in [5, 5.41) is 15.4. The first-order chi connectivity index (χ1) is 9.52. The van der Waals surface area contributed by atoms with Crippen molar-refractivity contribution < 1.29 is 5.21 Å². The van der Waals surface area contributed by atoms with Gasteiger partial charge in [0.2, 0.25) is 0 Å². The van der Waals surface area contributed by atoms with E-state index in [1.54, 1.807) is 6.20 Å². The van der Waals surface area contributed by atoms with Crippen LogP contribution >= 0.6 is 0 Å². The zero-order valence-corrected chi connectivity index (χ0v) is 12.3. The summed E-state index contributed by atoms with van der Waals surface area (Å²) in [6.45, 7) is 5.35. The Hall–Kier alpha value is -1.62. The molecule has 5 heteroatoms. The van der Waals surface area contributed by atoms with Crippen molar-refractivity contribution in [3.63, 3.8) is 0 Å². The van der Waals surface area contributed by atoms with Gasteiger partial charge in [0.05, 0.1) is 0 Å². The van der Waals surface area contributed by atoms with Crippen LogP contribution < -0.4 is 11.1 Å². The van der Waals surface area contributed by atoms with Crippen molar-refractivity contribution in [2.45, 2.75) is 52.1 Å². The summed E-state index contributed by atoms with van der Waals surface area (Å²) in [7, 11) is 0. The first kappa shape index (κ1) is 14.8. The number of amidine groups is 1. The second kappa shape index (κ2) is 6.22. The largest absolute Gasteiger partial charge is 0.409 e. The molecule has 0 aliphatic heterocycles. The van der Waals surface area contributed by atoms with Crippen molar-refractivity contribution in [3.8, 4) is 0 Å². The Morgan fingerprint density at radius 2 is 2.40 bits per heavy atom. The number of nitrogens with one attached hydrogen (secondary N) is 1. The zero-order chi connectivity index (χ0) is 14.6. The molecule has 0 spiro atoms. The van der Waals surface area contributed by atoms with Crippen LogP contribution in [0, 0.1) is 5.41 Å². The van der Waals surface area contributed by atoms with Gasteiger partial charge in [0.15, 0.2) is 5.84 Å². The summed E-state index contributed by atoms with van der Waals surface area (Å²) >= 11 is 0. The molecule has 110 valence electrons. The predicted molar refractivity (Wildman–Crippen MR) is 79.6 cm³/mol. The SMILES string of the molecule is CC1(C)CCCC(NCc2cccnc2/C(N)=N/O)C1. The highest BCUT2D eigenvalue weighted by Crippen LogP contribution is 2.35. The lowest BCUT2D eigenvalue weighted by Gasteiger charge is -2.35. The van der Waals surface area contributed by atoms with Crippen LogP contribution in [0.25, 0.3) is 0 Å². The highest BCUT2D eigenvalue weighted by molar-refractivity contribution is 5.96. The lowest BCUT2D eigenvalue weighted by Crippen LogP contribution is -2.37. The Morgan fingerprint density at radius 3 is 3.10 bits per heavy atom. The maximum atomic E-state index is 8.80. The minimum Gasteiger partial charge on any atom is -0.409 e. The first-order valence-electron chi connectivity index (χ1n) is 7.17. The van der Waals surface area contributed by atoms with E-state index in [0.717, 1.165) is 5.56 Å². The van der Waals surface area contributed by atoms with Crippen LogP contribution in [0.5, 0.6) is 0 Å². The fraction of sp³-hybridized carbons (Fsp3) is 0.600. The van der Waals surface area contributed by atoms with Crippen molar-refractivity contribution in [1.29, 1.82) is 0 Å². The lowest BCUT2D eigenvalue weighted by atomic mass is 9.75. The van der Waals surface area contributed by atoms with Crippen molar-refractivity contribution in [2.24, 2.45) is 16.3 Å². The van der Waals surface area contributed by atoms with E-state index in [-0.39, 0.29) is 5.84 Å². The number of oxime groups is 1. The molecule has 1 aliphatic carbocycles. The molecule has 1 aliphatic rings. The standard InChI is InChI=1S/C15H24N4O/c1-15(2)7-3-6-12(9-15)18-10-11-5-4-8-17-13(11)14(16)19-20/h4-5,8,12,18,20H,3,6-7,9-10H2,1-2H3,(H2,16,19). The molecule has 1 saturated carbocycles. The number of hydrogen-bond donors (Lipinski definition) is 3. The molecule has 2 rings (SSSR count). The van der Waals surface area contributed by atoms with Gasteiger partial charge in [0, 0.05) is 18.8 Å². The molecule has 0 aromatic carbocycles. The Morgan fingerprint density at radius 1 is 1.60 bits per heavy atom. The Labute approximate surface area is 120 Å². The molecule has 1 aromatic rings. The molecule has 0 bridgehead atoms. The number of rotatable bonds is 4. The van der Waals surface area contributed by atoms with E-state index in [9.17, 15) is 0 Å². The first-order valence-corrected chi connectivity index (χ1v) is 7.17. The molecule has 20 heavy (non-hydrogen) atoms. The average Bonchev–Trinajstić information content (AvgIpc) is 2.43. The fourth-order valence-corrected chi connectivity index (χ4v) is 2.99. The molecule has 5 nitrogen and oxygen atoms in total. The van der Waals surface area contributed by atoms with Crippen LogP contribution in [0.3, 0.4) is 0 Å². The number of nitrogens with two attached hydrogens (primary N) is 1. The predicted octanol–water partition coefficient (Wildman–Crippen LogP) is 2.23. The highest BCUT2D eigenvalue weighted by Gasteiger charge is 2.27. The van der Waals surface area contributed by atoms with Gasteiger partial charge in [-0.25, -0.2) is 0 Å². The highest BCUT2D eigenvalue weighted by atomic mass is 16.4. The summed E-state index contributed by atoms with van der Waals surface area (Å²) < 4.78 is 0. The molecule has 4 N–H and O–H groups in total. The normalized spacial score (nSPS) is 22.7. The van der Waals surface area contributed by atoms with Crippen LogP contribution in [0.1, 0.15) is 50.8 Å². The molecule has 0 saturated heterocycles. The van der Waals surface area contributed by atoms with Gasteiger partial charge < -0.3 is 16.3 Å². The molecule has 0 amide bonds. The second-order valence-electron chi connectivity index (χ2n) is 6.33. The summed E-state index contributed by atoms with van der Waals surface area (Å²) in [6.07, 6.45) is 6.62. The van der Waals surface area contributed by atoms with Crippen LogP contribution in [-0.2, 0) is 6.54 Å². The van der Waals surface area contributed by atoms with Crippen molar-refractivity contribution >= 4 is 5.84 Å². The molecular weight excluding hydrogens is 252 g/mol. The average molecular weight is 276 g/mol. The van der Waals surface area contributed by atoms with Crippen LogP contribution in [0.15, 0.2) is 23.5 Å². The van der Waals surface area contributed by atoms with E-state index in [2.05, 4.69) is 29.3 Å². The summed E-state index contributed by atoms with van der Waals surface area (Å²) in [5.41, 5.74) is 7.59.